The molecule has 0 aliphatic carbocycles. The Labute approximate surface area is 174 Å². The molecule has 3 atom stereocenters. The van der Waals surface area contributed by atoms with Gasteiger partial charge >= 0.3 is 107 Å². The van der Waals surface area contributed by atoms with Crippen LogP contribution in [-0.4, -0.2) is 44.1 Å². The van der Waals surface area contributed by atoms with Crippen LogP contribution in [0.1, 0.15) is 38.7 Å². The quantitative estimate of drug-likeness (QED) is 0.135. The Morgan fingerprint density at radius 1 is 1.34 bits per heavy atom. The molecule has 0 fully saturated rings. The molecule has 0 bridgehead atoms. The first-order valence-corrected chi connectivity index (χ1v) is 11.0. The smallest absolute Gasteiger partial charge is 0.375 e. The van der Waals surface area contributed by atoms with E-state index in [4.69, 9.17) is 23.2 Å². The Bertz CT molecular complexity index is 712. The van der Waals surface area contributed by atoms with Crippen molar-refractivity contribution < 1.29 is 13.7 Å². The number of carbonyl (C=O) groups excluding carboxylic acids is 1. The molecule has 0 saturated carbocycles. The van der Waals surface area contributed by atoms with Gasteiger partial charge in [0.2, 0.25) is 0 Å². The molecule has 1 rings (SSSR count). The van der Waals surface area contributed by atoms with Gasteiger partial charge in [-0.15, -0.1) is 0 Å². The second-order valence-corrected chi connectivity index (χ2v) is 8.12. The van der Waals surface area contributed by atoms with E-state index in [0.29, 0.717) is 38.5 Å². The zero-order valence-electron chi connectivity index (χ0n) is 17.2. The third-order valence-electron chi connectivity index (χ3n) is 4.05. The summed E-state index contributed by atoms with van der Waals surface area (Å²) in [5.41, 5.74) is 12.5. The summed E-state index contributed by atoms with van der Waals surface area (Å²) in [6.07, 6.45) is 1.78. The third-order valence-corrected chi connectivity index (χ3v) is 4.49. The number of nitrogens with one attached hydrogen (secondary N) is 2. The number of nitrogens with zero attached hydrogens (tertiary/aromatic N) is 1. The second-order valence-electron chi connectivity index (χ2n) is 7.27. The van der Waals surface area contributed by atoms with Crippen LogP contribution in [0.5, 0.6) is 0 Å². The Kier molecular flexibility index (Phi) is 12.3. The fourth-order valence-corrected chi connectivity index (χ4v) is 3.02. The van der Waals surface area contributed by atoms with Crippen LogP contribution in [0.3, 0.4) is 0 Å². The maximum absolute atomic E-state index is 12.6. The van der Waals surface area contributed by atoms with E-state index in [1.807, 2.05) is 30.3 Å². The number of hydrogen-bond donors (Lipinski definition) is 4. The van der Waals surface area contributed by atoms with Gasteiger partial charge < -0.3 is 4.74 Å². The molecule has 0 aliphatic rings. The maximum atomic E-state index is 12.6. The van der Waals surface area contributed by atoms with Gasteiger partial charge in [0.1, 0.15) is 0 Å². The number of guanidine groups is 1. The van der Waals surface area contributed by atoms with Crippen molar-refractivity contribution in [2.45, 2.75) is 51.8 Å². The summed E-state index contributed by atoms with van der Waals surface area (Å²) < 4.78 is 18.4. The van der Waals surface area contributed by atoms with E-state index in [2.05, 4.69) is 29.2 Å². The van der Waals surface area contributed by atoms with Gasteiger partial charge in [0.15, 0.2) is 0 Å². The molecule has 1 unspecified atom stereocenters. The average molecular weight is 423 g/mol. The molecule has 0 radical (unpaired) electrons. The van der Waals surface area contributed by atoms with E-state index in [-0.39, 0.29) is 17.9 Å². The Morgan fingerprint density at radius 3 is 2.66 bits per heavy atom. The van der Waals surface area contributed by atoms with Crippen molar-refractivity contribution in [1.29, 1.82) is 0 Å². The third kappa shape index (κ3) is 12.4. The van der Waals surface area contributed by atoms with Gasteiger partial charge in [-0.3, -0.25) is 0 Å². The SMILES string of the molecule is B#P(F)NC(N)=NCCC[C@@H](N)C(=O)N[C@H](COCc1ccccc1)CC(C)C. The van der Waals surface area contributed by atoms with Crippen molar-refractivity contribution in [3.63, 3.8) is 0 Å². The minimum absolute atomic E-state index is 0.0494. The molecule has 29 heavy (non-hydrogen) atoms. The minimum atomic E-state index is -2.33. The first-order valence-electron chi connectivity index (χ1n) is 9.72. The molecule has 10 heteroatoms. The van der Waals surface area contributed by atoms with Gasteiger partial charge in [0.25, 0.3) is 0 Å². The first kappa shape index (κ1) is 25.2. The van der Waals surface area contributed by atoms with Crippen molar-refractivity contribution >= 4 is 26.6 Å². The summed E-state index contributed by atoms with van der Waals surface area (Å²) in [7, 11) is 2.65. The standard InChI is InChI=1S/C19H32BFN5O2P/c1-14(2)11-16(13-28-12-15-7-4-3-5-8-15)25-18(27)17(22)9-6-10-24-19(23)26-29(20)21/h3-5,7-8,14,16-17H,6,9-13,22H2,1-2H3,(H,25,27)(H3,23,24,26)/t16-,17+/m0/s1. The number of aliphatic imine (C=N–C) groups is 1. The predicted octanol–water partition coefficient (Wildman–Crippen LogP) is 2.11. The van der Waals surface area contributed by atoms with E-state index in [0.717, 1.165) is 12.0 Å². The Hall–Kier alpha value is -1.83. The van der Waals surface area contributed by atoms with Crippen molar-refractivity contribution in [2.24, 2.45) is 22.4 Å². The van der Waals surface area contributed by atoms with Gasteiger partial charge in [-0.25, -0.2) is 0 Å². The van der Waals surface area contributed by atoms with E-state index in [1.165, 1.54) is 0 Å². The molecule has 1 amide bonds. The van der Waals surface area contributed by atoms with Crippen LogP contribution in [-0.2, 0) is 16.1 Å². The number of amides is 1. The number of nitrogens with two attached hydrogens (primary N) is 2. The summed E-state index contributed by atoms with van der Waals surface area (Å²) in [6, 6.07) is 9.12. The summed E-state index contributed by atoms with van der Waals surface area (Å²) in [5, 5.41) is 5.19. The van der Waals surface area contributed by atoms with Gasteiger partial charge in [0.05, 0.1) is 6.61 Å². The number of rotatable bonds is 12. The van der Waals surface area contributed by atoms with Gasteiger partial charge in [0, 0.05) is 0 Å². The van der Waals surface area contributed by atoms with Crippen LogP contribution in [0.25, 0.3) is 0 Å². The summed E-state index contributed by atoms with van der Waals surface area (Å²) >= 11 is 0. The molecule has 1 aromatic rings. The normalized spacial score (nSPS) is 14.4. The number of benzene rings is 1. The minimum Gasteiger partial charge on any atom is -0.375 e. The zero-order chi connectivity index (χ0) is 21.6. The van der Waals surface area contributed by atoms with Crippen LogP contribution < -0.4 is 21.9 Å². The van der Waals surface area contributed by atoms with E-state index >= 15 is 0 Å². The summed E-state index contributed by atoms with van der Waals surface area (Å²) in [5.74, 6) is 0.139. The van der Waals surface area contributed by atoms with Crippen molar-refractivity contribution in [3.8, 4) is 0 Å². The molecule has 1 aromatic carbocycles. The van der Waals surface area contributed by atoms with Crippen LogP contribution in [0.2, 0.25) is 0 Å². The number of carbonyl (C=O) groups is 1. The van der Waals surface area contributed by atoms with Gasteiger partial charge in [-0.2, -0.15) is 0 Å². The van der Waals surface area contributed by atoms with Crippen molar-refractivity contribution in [1.82, 2.24) is 10.4 Å². The fraction of sp³-hybridized carbons (Fsp3) is 0.579. The number of hydrogen-bond acceptors (Lipinski definition) is 4. The molecule has 0 saturated heterocycles. The van der Waals surface area contributed by atoms with E-state index in [9.17, 15) is 8.99 Å². The van der Waals surface area contributed by atoms with E-state index in [1.54, 1.807) is 0 Å². The predicted molar refractivity (Wildman–Crippen MR) is 118 cm³/mol. The van der Waals surface area contributed by atoms with Gasteiger partial charge in [-0.05, 0) is 11.5 Å². The van der Waals surface area contributed by atoms with Crippen molar-refractivity contribution in [2.75, 3.05) is 13.2 Å². The Balaban J connectivity index is 2.40. The molecule has 0 heterocycles. The molecule has 0 aromatic heterocycles. The molecular weight excluding hydrogens is 391 g/mol. The number of halogens is 1. The van der Waals surface area contributed by atoms with E-state index < -0.39 is 13.7 Å². The van der Waals surface area contributed by atoms with Crippen molar-refractivity contribution in [3.05, 3.63) is 35.9 Å². The summed E-state index contributed by atoms with van der Waals surface area (Å²) in [6.45, 7) is 5.44. The zero-order valence-corrected chi connectivity index (χ0v) is 18.1. The first-order chi connectivity index (χ1) is 13.8. The molecule has 7 nitrogen and oxygen atoms in total. The topological polar surface area (TPSA) is 115 Å². The molecule has 6 N–H and O–H groups in total. The second kappa shape index (κ2) is 14.2. The molecule has 160 valence electrons. The average Bonchev–Trinajstić information content (AvgIpc) is 2.64. The van der Waals surface area contributed by atoms with Gasteiger partial charge in [-0.1, -0.05) is 44.2 Å². The summed E-state index contributed by atoms with van der Waals surface area (Å²) in [4.78, 5) is 16.4. The van der Waals surface area contributed by atoms with Crippen LogP contribution in [0.4, 0.5) is 4.20 Å². The van der Waals surface area contributed by atoms with Crippen LogP contribution in [0, 0.1) is 5.92 Å². The number of ether oxygens (including phenoxy) is 1. The monoisotopic (exact) mass is 423 g/mol. The molecule has 0 aliphatic heterocycles. The molecular formula is C19H32BFN5O2P. The molecule has 0 spiro atoms. The van der Waals surface area contributed by atoms with Crippen LogP contribution >= 0.6 is 7.70 Å². The fourth-order valence-electron chi connectivity index (χ4n) is 2.73. The van der Waals surface area contributed by atoms with Crippen LogP contribution in [0.15, 0.2) is 35.3 Å². The Morgan fingerprint density at radius 2 is 2.03 bits per heavy atom.